The molecule has 4 aromatic carbocycles. The van der Waals surface area contributed by atoms with E-state index < -0.39 is 8.07 Å². The van der Waals surface area contributed by atoms with E-state index in [1.165, 1.54) is 43.0 Å². The highest BCUT2D eigenvalue weighted by Gasteiger charge is 2.49. The normalized spacial score (nSPS) is 13.8. The first-order chi connectivity index (χ1) is 14.0. The largest absolute Gasteiger partial charge is 0.508 e. The highest BCUT2D eigenvalue weighted by atomic mass is 28.3. The van der Waals surface area contributed by atoms with Crippen LogP contribution in [0.25, 0.3) is 11.1 Å². The van der Waals surface area contributed by atoms with Crippen LogP contribution in [0.4, 0.5) is 0 Å². The molecule has 1 heterocycles. The average molecular weight is 393 g/mol. The van der Waals surface area contributed by atoms with Gasteiger partial charge in [-0.2, -0.15) is 0 Å². The van der Waals surface area contributed by atoms with Gasteiger partial charge in [0.15, 0.2) is 8.07 Å². The maximum atomic E-state index is 10.6. The fourth-order valence-corrected chi connectivity index (χ4v) is 10.2. The third-order valence-corrected chi connectivity index (χ3v) is 11.3. The van der Waals surface area contributed by atoms with E-state index >= 15 is 0 Å². The van der Waals surface area contributed by atoms with Crippen molar-refractivity contribution in [3.8, 4) is 16.9 Å². The lowest BCUT2D eigenvalue weighted by atomic mass is 9.99. The van der Waals surface area contributed by atoms with Gasteiger partial charge in [0.1, 0.15) is 5.75 Å². The maximum absolute atomic E-state index is 10.6. The number of phenols is 1. The first kappa shape index (κ1) is 18.0. The summed E-state index contributed by atoms with van der Waals surface area (Å²) in [6.07, 6.45) is 0. The minimum Gasteiger partial charge on any atom is -0.508 e. The molecule has 142 valence electrons. The fourth-order valence-electron chi connectivity index (χ4n) is 4.89. The van der Waals surface area contributed by atoms with E-state index in [1.54, 1.807) is 0 Å². The summed E-state index contributed by atoms with van der Waals surface area (Å²) < 4.78 is 0. The number of hydrogen-bond donors (Lipinski definition) is 1. The van der Waals surface area contributed by atoms with Gasteiger partial charge >= 0.3 is 0 Å². The van der Waals surface area contributed by atoms with Crippen LogP contribution in [0.3, 0.4) is 0 Å². The minimum atomic E-state index is -2.45. The maximum Gasteiger partial charge on any atom is 0.180 e. The minimum absolute atomic E-state index is 0.374. The van der Waals surface area contributed by atoms with Gasteiger partial charge in [0.2, 0.25) is 0 Å². The monoisotopic (exact) mass is 392 g/mol. The quantitative estimate of drug-likeness (QED) is 0.455. The summed E-state index contributed by atoms with van der Waals surface area (Å²) in [5.74, 6) is 0.374. The Hall–Kier alpha value is -3.10. The van der Waals surface area contributed by atoms with Crippen molar-refractivity contribution in [2.24, 2.45) is 0 Å². The molecule has 0 aliphatic carbocycles. The molecule has 2 heteroatoms. The number of fused-ring (bicyclic) bond motifs is 3. The lowest BCUT2D eigenvalue weighted by Gasteiger charge is -2.31. The standard InChI is InChI=1S/C27H24OSi/c1-18-14-23-24-17-25(28)20(3)16-27(24)29(26(23)15-19(18)2,21-10-6-4-7-11-21)22-12-8-5-9-13-22/h4-17,28H,1-3H3. The summed E-state index contributed by atoms with van der Waals surface area (Å²) in [5, 5.41) is 16.1. The van der Waals surface area contributed by atoms with Crippen molar-refractivity contribution in [3.05, 3.63) is 102 Å². The zero-order valence-electron chi connectivity index (χ0n) is 17.0. The van der Waals surface area contributed by atoms with Crippen LogP contribution in [-0.2, 0) is 0 Å². The summed E-state index contributed by atoms with van der Waals surface area (Å²) in [6, 6.07) is 30.9. The van der Waals surface area contributed by atoms with E-state index in [4.69, 9.17) is 0 Å². The molecule has 0 saturated heterocycles. The van der Waals surface area contributed by atoms with Gasteiger partial charge in [0.25, 0.3) is 0 Å². The van der Waals surface area contributed by atoms with Crippen LogP contribution in [-0.4, -0.2) is 13.2 Å². The molecule has 1 aliphatic rings. The smallest absolute Gasteiger partial charge is 0.180 e. The molecular formula is C27H24OSi. The van der Waals surface area contributed by atoms with Crippen molar-refractivity contribution in [3.63, 3.8) is 0 Å². The molecule has 0 bridgehead atoms. The molecule has 4 aromatic rings. The van der Waals surface area contributed by atoms with Crippen molar-refractivity contribution in [1.82, 2.24) is 0 Å². The Bertz CT molecular complexity index is 1130. The number of rotatable bonds is 2. The van der Waals surface area contributed by atoms with Crippen molar-refractivity contribution >= 4 is 28.8 Å². The number of aryl methyl sites for hydroxylation is 3. The number of aromatic hydroxyl groups is 1. The summed E-state index contributed by atoms with van der Waals surface area (Å²) >= 11 is 0. The molecule has 0 amide bonds. The lowest BCUT2D eigenvalue weighted by Crippen LogP contribution is -2.72. The Morgan fingerprint density at radius 2 is 1.00 bits per heavy atom. The Labute approximate surface area is 173 Å². The molecule has 5 rings (SSSR count). The molecule has 1 aliphatic heterocycles. The van der Waals surface area contributed by atoms with Gasteiger partial charge in [-0.05, 0) is 75.4 Å². The zero-order chi connectivity index (χ0) is 20.2. The molecule has 0 unspecified atom stereocenters. The van der Waals surface area contributed by atoms with Crippen molar-refractivity contribution < 1.29 is 5.11 Å². The summed E-state index contributed by atoms with van der Waals surface area (Å²) in [6.45, 7) is 6.39. The van der Waals surface area contributed by atoms with Crippen LogP contribution in [0.15, 0.2) is 84.9 Å². The Kier molecular flexibility index (Phi) is 4.00. The molecule has 0 fully saturated rings. The molecule has 0 aromatic heterocycles. The van der Waals surface area contributed by atoms with Crippen LogP contribution < -0.4 is 20.7 Å². The Morgan fingerprint density at radius 3 is 1.55 bits per heavy atom. The predicted molar refractivity (Wildman–Crippen MR) is 125 cm³/mol. The molecule has 1 nitrogen and oxygen atoms in total. The Morgan fingerprint density at radius 1 is 0.552 bits per heavy atom. The molecule has 0 radical (unpaired) electrons. The highest BCUT2D eigenvalue weighted by molar-refractivity contribution is 7.22. The number of benzene rings is 4. The van der Waals surface area contributed by atoms with Crippen LogP contribution in [0.1, 0.15) is 16.7 Å². The van der Waals surface area contributed by atoms with E-state index in [-0.39, 0.29) is 0 Å². The van der Waals surface area contributed by atoms with Gasteiger partial charge < -0.3 is 5.11 Å². The van der Waals surface area contributed by atoms with Crippen LogP contribution in [0.5, 0.6) is 5.75 Å². The van der Waals surface area contributed by atoms with E-state index in [0.29, 0.717) is 5.75 Å². The lowest BCUT2D eigenvalue weighted by molar-refractivity contribution is 0.471. The molecule has 0 spiro atoms. The summed E-state index contributed by atoms with van der Waals surface area (Å²) in [7, 11) is -2.45. The van der Waals surface area contributed by atoms with Gasteiger partial charge in [-0.25, -0.2) is 0 Å². The van der Waals surface area contributed by atoms with Gasteiger partial charge in [-0.15, -0.1) is 0 Å². The second kappa shape index (κ2) is 6.46. The van der Waals surface area contributed by atoms with Crippen molar-refractivity contribution in [2.45, 2.75) is 20.8 Å². The molecule has 29 heavy (non-hydrogen) atoms. The summed E-state index contributed by atoms with van der Waals surface area (Å²) in [4.78, 5) is 0. The van der Waals surface area contributed by atoms with Gasteiger partial charge in [0.05, 0.1) is 0 Å². The van der Waals surface area contributed by atoms with E-state index in [2.05, 4.69) is 92.7 Å². The van der Waals surface area contributed by atoms with E-state index in [9.17, 15) is 5.11 Å². The first-order valence-corrected chi connectivity index (χ1v) is 12.1. The molecule has 0 saturated carbocycles. The third kappa shape index (κ3) is 2.46. The van der Waals surface area contributed by atoms with Crippen molar-refractivity contribution in [1.29, 1.82) is 0 Å². The molecule has 1 N–H and O–H groups in total. The average Bonchev–Trinajstić information content (AvgIpc) is 2.99. The van der Waals surface area contributed by atoms with Crippen LogP contribution >= 0.6 is 0 Å². The van der Waals surface area contributed by atoms with Crippen LogP contribution in [0, 0.1) is 20.8 Å². The zero-order valence-corrected chi connectivity index (χ0v) is 18.0. The topological polar surface area (TPSA) is 20.2 Å². The molecular weight excluding hydrogens is 368 g/mol. The second-order valence-corrected chi connectivity index (χ2v) is 11.9. The van der Waals surface area contributed by atoms with Crippen LogP contribution in [0.2, 0.25) is 0 Å². The second-order valence-electron chi connectivity index (χ2n) is 8.15. The van der Waals surface area contributed by atoms with Crippen molar-refractivity contribution in [2.75, 3.05) is 0 Å². The fraction of sp³-hybridized carbons (Fsp3) is 0.111. The van der Waals surface area contributed by atoms with Gasteiger partial charge in [-0.1, -0.05) is 78.9 Å². The SMILES string of the molecule is Cc1cc2c(cc1C)[Si](c1ccccc1)(c1ccccc1)c1cc(C)c(O)cc1-2. The number of hydrogen-bond acceptors (Lipinski definition) is 1. The molecule has 0 atom stereocenters. The predicted octanol–water partition coefficient (Wildman–Crippen LogP) is 3.68. The van der Waals surface area contributed by atoms with E-state index in [1.807, 2.05) is 13.0 Å². The van der Waals surface area contributed by atoms with E-state index in [0.717, 1.165) is 5.56 Å². The van der Waals surface area contributed by atoms with Gasteiger partial charge in [0, 0.05) is 0 Å². The van der Waals surface area contributed by atoms with Gasteiger partial charge in [-0.3, -0.25) is 0 Å². The third-order valence-electron chi connectivity index (χ3n) is 6.48. The summed E-state index contributed by atoms with van der Waals surface area (Å²) in [5.41, 5.74) is 6.01. The highest BCUT2D eigenvalue weighted by Crippen LogP contribution is 2.33. The number of phenolic OH excluding ortho intramolecular Hbond substituents is 1. The first-order valence-electron chi connectivity index (χ1n) is 10.1. The Balaban J connectivity index is 2.01.